The first-order valence-electron chi connectivity index (χ1n) is 7.56. The maximum atomic E-state index is 5.20. The molecule has 0 amide bonds. The quantitative estimate of drug-likeness (QED) is 0.870. The Kier molecular flexibility index (Phi) is 3.53. The first-order chi connectivity index (χ1) is 9.18. The minimum atomic E-state index is 0.602. The number of methoxy groups -OCH3 is 1. The Balaban J connectivity index is 1.44. The van der Waals surface area contributed by atoms with E-state index >= 15 is 0 Å². The Morgan fingerprint density at radius 1 is 1.21 bits per heavy atom. The van der Waals surface area contributed by atoms with Crippen molar-refractivity contribution in [2.24, 2.45) is 5.41 Å². The third kappa shape index (κ3) is 2.79. The maximum Gasteiger partial charge on any atom is 0.118 e. The fourth-order valence-electron chi connectivity index (χ4n) is 3.28. The van der Waals surface area contributed by atoms with Gasteiger partial charge in [-0.15, -0.1) is 0 Å². The molecule has 3 rings (SSSR count). The molecule has 2 aliphatic rings. The number of hydrogen-bond acceptors (Lipinski definition) is 2. The van der Waals surface area contributed by atoms with Crippen LogP contribution in [-0.4, -0.2) is 19.7 Å². The van der Waals surface area contributed by atoms with Crippen LogP contribution in [0, 0.1) is 5.41 Å². The number of hydrogen-bond donors (Lipinski definition) is 1. The summed E-state index contributed by atoms with van der Waals surface area (Å²) in [5, 5.41) is 3.76. The molecule has 2 heteroatoms. The zero-order chi connectivity index (χ0) is 13.3. The third-order valence-electron chi connectivity index (χ3n) is 5.10. The highest BCUT2D eigenvalue weighted by molar-refractivity contribution is 5.30. The monoisotopic (exact) mass is 259 g/mol. The van der Waals surface area contributed by atoms with Gasteiger partial charge in [0, 0.05) is 12.6 Å². The van der Waals surface area contributed by atoms with Crippen LogP contribution in [0.1, 0.15) is 50.5 Å². The van der Waals surface area contributed by atoms with Crippen LogP contribution in [0.2, 0.25) is 0 Å². The lowest BCUT2D eigenvalue weighted by Gasteiger charge is -2.43. The molecule has 0 aliphatic heterocycles. The third-order valence-corrected chi connectivity index (χ3v) is 5.10. The number of ether oxygens (including phenoxy) is 1. The van der Waals surface area contributed by atoms with Crippen LogP contribution < -0.4 is 10.1 Å². The minimum Gasteiger partial charge on any atom is -0.497 e. The minimum absolute atomic E-state index is 0.602. The van der Waals surface area contributed by atoms with Crippen LogP contribution in [0.5, 0.6) is 5.75 Å². The highest BCUT2D eigenvalue weighted by Gasteiger charge is 2.35. The average molecular weight is 259 g/mol. The number of nitrogens with one attached hydrogen (secondary N) is 1. The second kappa shape index (κ2) is 5.16. The van der Waals surface area contributed by atoms with Gasteiger partial charge in [-0.2, -0.15) is 0 Å². The second-order valence-corrected chi connectivity index (χ2v) is 6.68. The predicted molar refractivity (Wildman–Crippen MR) is 78.7 cm³/mol. The molecular formula is C17H25NO. The topological polar surface area (TPSA) is 21.3 Å². The smallest absolute Gasteiger partial charge is 0.118 e. The van der Waals surface area contributed by atoms with Gasteiger partial charge in [0.25, 0.3) is 0 Å². The lowest BCUT2D eigenvalue weighted by Crippen LogP contribution is -2.46. The van der Waals surface area contributed by atoms with E-state index in [1.807, 2.05) is 0 Å². The van der Waals surface area contributed by atoms with Gasteiger partial charge in [-0.1, -0.05) is 25.5 Å². The van der Waals surface area contributed by atoms with Crippen molar-refractivity contribution in [2.45, 2.75) is 51.0 Å². The van der Waals surface area contributed by atoms with Gasteiger partial charge >= 0.3 is 0 Å². The van der Waals surface area contributed by atoms with Crippen molar-refractivity contribution in [2.75, 3.05) is 13.7 Å². The summed E-state index contributed by atoms with van der Waals surface area (Å²) in [7, 11) is 1.72. The molecule has 19 heavy (non-hydrogen) atoms. The Hall–Kier alpha value is -1.02. The summed E-state index contributed by atoms with van der Waals surface area (Å²) in [6.45, 7) is 3.64. The SMILES string of the molecule is COc1ccc(C2CC(NCC3(C)CCC3)C2)cc1. The van der Waals surface area contributed by atoms with Crippen LogP contribution in [0.3, 0.4) is 0 Å². The van der Waals surface area contributed by atoms with E-state index in [0.29, 0.717) is 5.41 Å². The fourth-order valence-corrected chi connectivity index (χ4v) is 3.28. The van der Waals surface area contributed by atoms with Gasteiger partial charge in [0.15, 0.2) is 0 Å². The number of rotatable bonds is 5. The van der Waals surface area contributed by atoms with Gasteiger partial charge in [0.2, 0.25) is 0 Å². The molecule has 1 aromatic rings. The highest BCUT2D eigenvalue weighted by Crippen LogP contribution is 2.41. The summed E-state index contributed by atoms with van der Waals surface area (Å²) >= 11 is 0. The van der Waals surface area contributed by atoms with E-state index in [9.17, 15) is 0 Å². The Bertz CT molecular complexity index is 415. The molecule has 2 aliphatic carbocycles. The molecule has 0 atom stereocenters. The zero-order valence-electron chi connectivity index (χ0n) is 12.1. The van der Waals surface area contributed by atoms with Crippen molar-refractivity contribution in [1.82, 2.24) is 5.32 Å². The largest absolute Gasteiger partial charge is 0.497 e. The molecule has 0 aromatic heterocycles. The van der Waals surface area contributed by atoms with E-state index in [1.54, 1.807) is 7.11 Å². The molecular weight excluding hydrogens is 234 g/mol. The molecule has 2 fully saturated rings. The molecule has 0 heterocycles. The maximum absolute atomic E-state index is 5.20. The van der Waals surface area contributed by atoms with Gasteiger partial charge in [-0.25, -0.2) is 0 Å². The van der Waals surface area contributed by atoms with Crippen LogP contribution >= 0.6 is 0 Å². The Labute approximate surface area is 116 Å². The van der Waals surface area contributed by atoms with Gasteiger partial charge in [0.05, 0.1) is 7.11 Å². The lowest BCUT2D eigenvalue weighted by atomic mass is 9.69. The van der Waals surface area contributed by atoms with Crippen LogP contribution in [0.15, 0.2) is 24.3 Å². The molecule has 2 saturated carbocycles. The van der Waals surface area contributed by atoms with Crippen molar-refractivity contribution in [3.63, 3.8) is 0 Å². The van der Waals surface area contributed by atoms with E-state index in [-0.39, 0.29) is 0 Å². The van der Waals surface area contributed by atoms with Gasteiger partial charge < -0.3 is 10.1 Å². The van der Waals surface area contributed by atoms with Crippen LogP contribution in [-0.2, 0) is 0 Å². The molecule has 0 unspecified atom stereocenters. The first-order valence-corrected chi connectivity index (χ1v) is 7.56. The van der Waals surface area contributed by atoms with Gasteiger partial charge in [0.1, 0.15) is 5.75 Å². The highest BCUT2D eigenvalue weighted by atomic mass is 16.5. The fraction of sp³-hybridized carbons (Fsp3) is 0.647. The van der Waals surface area contributed by atoms with Crippen LogP contribution in [0.25, 0.3) is 0 Å². The van der Waals surface area contributed by atoms with Crippen molar-refractivity contribution >= 4 is 0 Å². The second-order valence-electron chi connectivity index (χ2n) is 6.68. The van der Waals surface area contributed by atoms with Crippen molar-refractivity contribution in [3.05, 3.63) is 29.8 Å². The first kappa shape index (κ1) is 13.0. The predicted octanol–water partition coefficient (Wildman–Crippen LogP) is 3.72. The molecule has 0 spiro atoms. The van der Waals surface area contributed by atoms with Crippen molar-refractivity contribution < 1.29 is 4.74 Å². The van der Waals surface area contributed by atoms with Gasteiger partial charge in [-0.05, 0) is 54.7 Å². The van der Waals surface area contributed by atoms with Gasteiger partial charge in [-0.3, -0.25) is 0 Å². The van der Waals surface area contributed by atoms with E-state index in [4.69, 9.17) is 4.74 Å². The molecule has 104 valence electrons. The summed E-state index contributed by atoms with van der Waals surface area (Å²) in [6.07, 6.45) is 6.84. The van der Waals surface area contributed by atoms with E-state index < -0.39 is 0 Å². The molecule has 0 saturated heterocycles. The summed E-state index contributed by atoms with van der Waals surface area (Å²) in [5.41, 5.74) is 2.07. The normalized spacial score (nSPS) is 28.3. The number of benzene rings is 1. The Morgan fingerprint density at radius 2 is 1.89 bits per heavy atom. The van der Waals surface area contributed by atoms with Crippen molar-refractivity contribution in [1.29, 1.82) is 0 Å². The molecule has 2 nitrogen and oxygen atoms in total. The average Bonchev–Trinajstić information content (AvgIpc) is 2.35. The summed E-state index contributed by atoms with van der Waals surface area (Å²) < 4.78 is 5.20. The molecule has 1 aromatic carbocycles. The van der Waals surface area contributed by atoms with Crippen molar-refractivity contribution in [3.8, 4) is 5.75 Å². The molecule has 0 bridgehead atoms. The lowest BCUT2D eigenvalue weighted by molar-refractivity contribution is 0.137. The summed E-state index contributed by atoms with van der Waals surface area (Å²) in [5.74, 6) is 1.70. The summed E-state index contributed by atoms with van der Waals surface area (Å²) in [4.78, 5) is 0. The van der Waals surface area contributed by atoms with E-state index in [2.05, 4.69) is 36.5 Å². The Morgan fingerprint density at radius 3 is 2.42 bits per heavy atom. The van der Waals surface area contributed by atoms with E-state index in [0.717, 1.165) is 17.7 Å². The molecule has 1 N–H and O–H groups in total. The van der Waals surface area contributed by atoms with Crippen LogP contribution in [0.4, 0.5) is 0 Å². The van der Waals surface area contributed by atoms with E-state index in [1.165, 1.54) is 44.2 Å². The zero-order valence-corrected chi connectivity index (χ0v) is 12.1. The summed E-state index contributed by atoms with van der Waals surface area (Å²) in [6, 6.07) is 9.32. The molecule has 0 radical (unpaired) electrons. The standard InChI is InChI=1S/C17H25NO/c1-17(8-3-9-17)12-18-15-10-14(11-15)13-4-6-16(19-2)7-5-13/h4-7,14-15,18H,3,8-12H2,1-2H3.